The third-order valence-electron chi connectivity index (χ3n) is 3.08. The lowest BCUT2D eigenvalue weighted by Crippen LogP contribution is -2.44. The van der Waals surface area contributed by atoms with E-state index in [1.807, 2.05) is 0 Å². The van der Waals surface area contributed by atoms with Crippen LogP contribution in [0.2, 0.25) is 0 Å². The first-order valence-corrected chi connectivity index (χ1v) is 5.36. The van der Waals surface area contributed by atoms with Gasteiger partial charge in [-0.3, -0.25) is 9.59 Å². The van der Waals surface area contributed by atoms with Gasteiger partial charge in [-0.2, -0.15) is 13.2 Å². The van der Waals surface area contributed by atoms with E-state index in [0.29, 0.717) is 10.5 Å². The highest BCUT2D eigenvalue weighted by Crippen LogP contribution is 2.32. The Balaban J connectivity index is 2.79. The Morgan fingerprint density at radius 1 is 1.33 bits per heavy atom. The van der Waals surface area contributed by atoms with Crippen LogP contribution in [-0.2, 0) is 9.59 Å². The zero-order valence-corrected chi connectivity index (χ0v) is 10.0. The number of alkyl halides is 3. The lowest BCUT2D eigenvalue weighted by molar-refractivity contribution is -0.185. The van der Waals surface area contributed by atoms with Gasteiger partial charge in [0.15, 0.2) is 0 Å². The van der Waals surface area contributed by atoms with Crippen LogP contribution in [0.1, 0.15) is 20.3 Å². The Kier molecular flexibility index (Phi) is 3.73. The molecule has 0 bridgehead atoms. The standard InChI is InChI=1S/C11H14F3NO3/c1-10(2,9(17)18)7-3-5-15(6-4-7)8(16)11(12,13)14/h3H,4-6H2,1-2H3,(H,17,18). The second-order valence-electron chi connectivity index (χ2n) is 4.66. The third kappa shape index (κ3) is 2.83. The molecule has 102 valence electrons. The first kappa shape index (κ1) is 14.5. The molecule has 18 heavy (non-hydrogen) atoms. The molecule has 1 rings (SSSR count). The molecule has 0 aromatic carbocycles. The monoisotopic (exact) mass is 265 g/mol. The van der Waals surface area contributed by atoms with Crippen LogP contribution in [-0.4, -0.2) is 41.1 Å². The Morgan fingerprint density at radius 2 is 1.89 bits per heavy atom. The molecule has 0 atom stereocenters. The van der Waals surface area contributed by atoms with Crippen LogP contribution in [0.15, 0.2) is 11.6 Å². The molecule has 0 aliphatic carbocycles. The van der Waals surface area contributed by atoms with Crippen molar-refractivity contribution < 1.29 is 27.9 Å². The zero-order chi connectivity index (χ0) is 14.1. The highest BCUT2D eigenvalue weighted by molar-refractivity contribution is 5.82. The fourth-order valence-corrected chi connectivity index (χ4v) is 1.74. The van der Waals surface area contributed by atoms with E-state index in [9.17, 15) is 22.8 Å². The van der Waals surface area contributed by atoms with Crippen molar-refractivity contribution in [2.75, 3.05) is 13.1 Å². The molecular formula is C11H14F3NO3. The summed E-state index contributed by atoms with van der Waals surface area (Å²) in [5.41, 5.74) is -0.575. The summed E-state index contributed by atoms with van der Waals surface area (Å²) in [5, 5.41) is 9.00. The molecule has 0 radical (unpaired) electrons. The average molecular weight is 265 g/mol. The van der Waals surface area contributed by atoms with Crippen molar-refractivity contribution in [1.82, 2.24) is 4.90 Å². The lowest BCUT2D eigenvalue weighted by atomic mass is 9.81. The first-order valence-electron chi connectivity index (χ1n) is 5.36. The van der Waals surface area contributed by atoms with E-state index in [2.05, 4.69) is 0 Å². The Hall–Kier alpha value is -1.53. The fourth-order valence-electron chi connectivity index (χ4n) is 1.74. The second kappa shape index (κ2) is 4.62. The van der Waals surface area contributed by atoms with Gasteiger partial charge in [0.2, 0.25) is 0 Å². The summed E-state index contributed by atoms with van der Waals surface area (Å²) in [6, 6.07) is 0. The molecule has 0 fully saturated rings. The van der Waals surface area contributed by atoms with Crippen molar-refractivity contribution in [3.8, 4) is 0 Å². The van der Waals surface area contributed by atoms with E-state index >= 15 is 0 Å². The number of carboxylic acids is 1. The molecule has 1 N–H and O–H groups in total. The number of carboxylic acid groups (broad SMARTS) is 1. The number of aliphatic carboxylic acids is 1. The number of carbonyl (C=O) groups excluding carboxylic acids is 1. The van der Waals surface area contributed by atoms with E-state index in [1.165, 1.54) is 19.9 Å². The molecule has 4 nitrogen and oxygen atoms in total. The highest BCUT2D eigenvalue weighted by Gasteiger charge is 2.43. The normalized spacial score (nSPS) is 17.4. The molecule has 0 unspecified atom stereocenters. The number of nitrogens with zero attached hydrogens (tertiary/aromatic N) is 1. The van der Waals surface area contributed by atoms with Crippen LogP contribution in [0, 0.1) is 5.41 Å². The summed E-state index contributed by atoms with van der Waals surface area (Å²) in [5.74, 6) is -2.92. The third-order valence-corrected chi connectivity index (χ3v) is 3.08. The molecule has 0 spiro atoms. The fraction of sp³-hybridized carbons (Fsp3) is 0.636. The van der Waals surface area contributed by atoms with Gasteiger partial charge in [0, 0.05) is 13.1 Å². The van der Waals surface area contributed by atoms with Crippen LogP contribution < -0.4 is 0 Å². The molecule has 1 amide bonds. The van der Waals surface area contributed by atoms with Gasteiger partial charge in [0.1, 0.15) is 0 Å². The maximum absolute atomic E-state index is 12.2. The van der Waals surface area contributed by atoms with E-state index in [-0.39, 0.29) is 19.5 Å². The van der Waals surface area contributed by atoms with Crippen LogP contribution in [0.3, 0.4) is 0 Å². The number of rotatable bonds is 2. The number of hydrogen-bond donors (Lipinski definition) is 1. The summed E-state index contributed by atoms with van der Waals surface area (Å²) in [6.07, 6.45) is -3.35. The van der Waals surface area contributed by atoms with Crippen molar-refractivity contribution in [3.05, 3.63) is 11.6 Å². The molecule has 7 heteroatoms. The van der Waals surface area contributed by atoms with Crippen molar-refractivity contribution in [2.45, 2.75) is 26.4 Å². The minimum absolute atomic E-state index is 0.110. The van der Waals surface area contributed by atoms with Crippen LogP contribution >= 0.6 is 0 Å². The van der Waals surface area contributed by atoms with Crippen LogP contribution in [0.5, 0.6) is 0 Å². The van der Waals surface area contributed by atoms with E-state index < -0.39 is 23.5 Å². The van der Waals surface area contributed by atoms with E-state index in [1.54, 1.807) is 0 Å². The predicted octanol–water partition coefficient (Wildman–Crippen LogP) is 1.82. The Morgan fingerprint density at radius 3 is 2.22 bits per heavy atom. The van der Waals surface area contributed by atoms with Gasteiger partial charge in [-0.25, -0.2) is 0 Å². The van der Waals surface area contributed by atoms with E-state index in [0.717, 1.165) is 0 Å². The summed E-state index contributed by atoms with van der Waals surface area (Å²) in [7, 11) is 0. The van der Waals surface area contributed by atoms with Crippen LogP contribution in [0.25, 0.3) is 0 Å². The number of hydrogen-bond acceptors (Lipinski definition) is 2. The lowest BCUT2D eigenvalue weighted by Gasteiger charge is -2.32. The molecule has 1 heterocycles. The maximum Gasteiger partial charge on any atom is 0.471 e. The number of carbonyl (C=O) groups is 2. The molecule has 0 saturated carbocycles. The Labute approximate surface area is 102 Å². The summed E-state index contributed by atoms with van der Waals surface area (Å²) in [6.45, 7) is 2.66. The van der Waals surface area contributed by atoms with Crippen molar-refractivity contribution in [2.24, 2.45) is 5.41 Å². The minimum atomic E-state index is -4.88. The smallest absolute Gasteiger partial charge is 0.471 e. The van der Waals surface area contributed by atoms with Gasteiger partial charge in [-0.1, -0.05) is 11.6 Å². The number of halogens is 3. The molecule has 0 aromatic rings. The topological polar surface area (TPSA) is 57.6 Å². The maximum atomic E-state index is 12.2. The summed E-state index contributed by atoms with van der Waals surface area (Å²) < 4.78 is 36.6. The van der Waals surface area contributed by atoms with Gasteiger partial charge in [-0.15, -0.1) is 0 Å². The summed E-state index contributed by atoms with van der Waals surface area (Å²) >= 11 is 0. The van der Waals surface area contributed by atoms with Crippen molar-refractivity contribution in [3.63, 3.8) is 0 Å². The van der Waals surface area contributed by atoms with Gasteiger partial charge in [-0.05, 0) is 20.3 Å². The quantitative estimate of drug-likeness (QED) is 0.775. The molecule has 0 aromatic heterocycles. The van der Waals surface area contributed by atoms with Gasteiger partial charge in [0.25, 0.3) is 0 Å². The van der Waals surface area contributed by atoms with Crippen molar-refractivity contribution >= 4 is 11.9 Å². The molecule has 1 aliphatic heterocycles. The largest absolute Gasteiger partial charge is 0.481 e. The van der Waals surface area contributed by atoms with Crippen molar-refractivity contribution in [1.29, 1.82) is 0 Å². The summed E-state index contributed by atoms with van der Waals surface area (Å²) in [4.78, 5) is 22.6. The minimum Gasteiger partial charge on any atom is -0.481 e. The molecule has 0 saturated heterocycles. The average Bonchev–Trinajstić information content (AvgIpc) is 2.26. The Bertz CT molecular complexity index is 399. The highest BCUT2D eigenvalue weighted by atomic mass is 19.4. The SMILES string of the molecule is CC(C)(C(=O)O)C1=CCN(C(=O)C(F)(F)F)CC1. The molecule has 1 aliphatic rings. The number of amides is 1. The van der Waals surface area contributed by atoms with Crippen LogP contribution in [0.4, 0.5) is 13.2 Å². The zero-order valence-electron chi connectivity index (χ0n) is 10.0. The van der Waals surface area contributed by atoms with E-state index in [4.69, 9.17) is 5.11 Å². The van der Waals surface area contributed by atoms with Gasteiger partial charge < -0.3 is 10.0 Å². The first-order chi connectivity index (χ1) is 8.06. The molecular weight excluding hydrogens is 251 g/mol. The van der Waals surface area contributed by atoms with Gasteiger partial charge in [0.05, 0.1) is 5.41 Å². The second-order valence-corrected chi connectivity index (χ2v) is 4.66. The van der Waals surface area contributed by atoms with Gasteiger partial charge >= 0.3 is 18.1 Å². The predicted molar refractivity (Wildman–Crippen MR) is 56.8 cm³/mol.